The predicted octanol–water partition coefficient (Wildman–Crippen LogP) is 3.92. The molecule has 0 atom stereocenters. The van der Waals surface area contributed by atoms with Gasteiger partial charge < -0.3 is 14.8 Å². The molecule has 7 heteroatoms. The second-order valence-electron chi connectivity index (χ2n) is 6.58. The first-order valence-corrected chi connectivity index (χ1v) is 10.2. The predicted molar refractivity (Wildman–Crippen MR) is 107 cm³/mol. The van der Waals surface area contributed by atoms with Gasteiger partial charge in [-0.2, -0.15) is 0 Å². The zero-order chi connectivity index (χ0) is 19.9. The maximum absolute atomic E-state index is 12.3. The van der Waals surface area contributed by atoms with E-state index in [1.807, 2.05) is 35.7 Å². The number of carbonyl (C=O) groups is 3. The van der Waals surface area contributed by atoms with E-state index in [0.29, 0.717) is 22.9 Å². The summed E-state index contributed by atoms with van der Waals surface area (Å²) in [7, 11) is 0. The van der Waals surface area contributed by atoms with Crippen LogP contribution >= 0.6 is 11.3 Å². The zero-order valence-electron chi connectivity index (χ0n) is 15.7. The van der Waals surface area contributed by atoms with Crippen molar-refractivity contribution in [1.82, 2.24) is 0 Å². The van der Waals surface area contributed by atoms with Gasteiger partial charge in [0.05, 0.1) is 12.2 Å². The maximum Gasteiger partial charge on any atom is 0.341 e. The summed E-state index contributed by atoms with van der Waals surface area (Å²) in [6, 6.07) is 9.60. The van der Waals surface area contributed by atoms with Crippen LogP contribution in [0.1, 0.15) is 53.6 Å². The Balaban J connectivity index is 1.52. The van der Waals surface area contributed by atoms with Gasteiger partial charge in [0, 0.05) is 6.42 Å². The molecule has 0 bridgehead atoms. The lowest BCUT2D eigenvalue weighted by Gasteiger charge is -2.09. The van der Waals surface area contributed by atoms with Crippen LogP contribution in [0.15, 0.2) is 35.7 Å². The van der Waals surface area contributed by atoms with E-state index < -0.39 is 17.8 Å². The van der Waals surface area contributed by atoms with Crippen molar-refractivity contribution in [2.75, 3.05) is 18.5 Å². The minimum absolute atomic E-state index is 0.205. The number of hydrogen-bond acceptors (Lipinski definition) is 6. The lowest BCUT2D eigenvalue weighted by molar-refractivity contribution is -0.147. The minimum Gasteiger partial charge on any atom is -0.462 e. The molecule has 0 saturated heterocycles. The van der Waals surface area contributed by atoms with Gasteiger partial charge in [-0.25, -0.2) is 4.79 Å². The number of benzene rings is 1. The van der Waals surface area contributed by atoms with Gasteiger partial charge in [0.15, 0.2) is 6.61 Å². The van der Waals surface area contributed by atoms with E-state index in [-0.39, 0.29) is 19.6 Å². The summed E-state index contributed by atoms with van der Waals surface area (Å²) in [6.45, 7) is 1.63. The molecular formula is C21H23NO5S. The summed E-state index contributed by atoms with van der Waals surface area (Å²) in [5, 5.41) is 5.03. The lowest BCUT2D eigenvalue weighted by atomic mass is 10.1. The first kappa shape index (κ1) is 20.1. The average Bonchev–Trinajstić information content (AvgIpc) is 3.46. The Morgan fingerprint density at radius 2 is 1.89 bits per heavy atom. The maximum atomic E-state index is 12.3. The Morgan fingerprint density at radius 1 is 1.14 bits per heavy atom. The van der Waals surface area contributed by atoms with Gasteiger partial charge >= 0.3 is 11.9 Å². The second-order valence-corrected chi connectivity index (χ2v) is 7.46. The normalized spacial score (nSPS) is 13.0. The van der Waals surface area contributed by atoms with Gasteiger partial charge in [0.25, 0.3) is 5.91 Å². The fourth-order valence-electron chi connectivity index (χ4n) is 2.84. The molecule has 0 aliphatic heterocycles. The monoisotopic (exact) mass is 401 g/mol. The van der Waals surface area contributed by atoms with E-state index in [1.54, 1.807) is 6.92 Å². The van der Waals surface area contributed by atoms with Crippen LogP contribution in [-0.2, 0) is 25.5 Å². The van der Waals surface area contributed by atoms with Crippen LogP contribution in [0, 0.1) is 0 Å². The number of amides is 1. The number of rotatable bonds is 9. The number of thiophene rings is 1. The van der Waals surface area contributed by atoms with Crippen LogP contribution in [0.5, 0.6) is 0 Å². The molecule has 148 valence electrons. The third-order valence-electron chi connectivity index (χ3n) is 4.39. The number of ether oxygens (including phenoxy) is 2. The Bertz CT molecular complexity index is 842. The van der Waals surface area contributed by atoms with E-state index >= 15 is 0 Å². The molecule has 0 radical (unpaired) electrons. The van der Waals surface area contributed by atoms with Gasteiger partial charge in [-0.05, 0) is 48.6 Å². The van der Waals surface area contributed by atoms with Gasteiger partial charge in [-0.3, -0.25) is 9.59 Å². The van der Waals surface area contributed by atoms with Crippen molar-refractivity contribution in [3.8, 4) is 0 Å². The van der Waals surface area contributed by atoms with Crippen molar-refractivity contribution in [2.24, 2.45) is 0 Å². The van der Waals surface area contributed by atoms with E-state index in [0.717, 1.165) is 24.0 Å². The summed E-state index contributed by atoms with van der Waals surface area (Å²) >= 11 is 1.30. The summed E-state index contributed by atoms with van der Waals surface area (Å²) in [5.74, 6) is -0.977. The van der Waals surface area contributed by atoms with Crippen LogP contribution in [0.2, 0.25) is 0 Å². The molecule has 1 aliphatic rings. The number of esters is 2. The number of anilines is 1. The van der Waals surface area contributed by atoms with Crippen LogP contribution in [0.3, 0.4) is 0 Å². The fourth-order valence-corrected chi connectivity index (χ4v) is 3.89. The Morgan fingerprint density at radius 3 is 2.57 bits per heavy atom. The second kappa shape index (κ2) is 9.50. The molecule has 0 spiro atoms. The van der Waals surface area contributed by atoms with Crippen molar-refractivity contribution in [1.29, 1.82) is 0 Å². The van der Waals surface area contributed by atoms with Crippen molar-refractivity contribution >= 4 is 34.2 Å². The summed E-state index contributed by atoms with van der Waals surface area (Å²) in [6.07, 6.45) is 2.84. The smallest absolute Gasteiger partial charge is 0.341 e. The van der Waals surface area contributed by atoms with E-state index in [4.69, 9.17) is 9.47 Å². The first-order valence-electron chi connectivity index (χ1n) is 9.36. The van der Waals surface area contributed by atoms with Crippen LogP contribution in [0.25, 0.3) is 0 Å². The van der Waals surface area contributed by atoms with Gasteiger partial charge in [0.2, 0.25) is 0 Å². The Labute approximate surface area is 167 Å². The highest BCUT2D eigenvalue weighted by Gasteiger charge is 2.32. The molecular weight excluding hydrogens is 378 g/mol. The van der Waals surface area contributed by atoms with E-state index in [1.165, 1.54) is 11.3 Å². The van der Waals surface area contributed by atoms with E-state index in [9.17, 15) is 14.4 Å². The largest absolute Gasteiger partial charge is 0.462 e. The number of aryl methyl sites for hydroxylation is 1. The SMILES string of the molecule is CCOC(=O)c1c(C2CC2)csc1NC(=O)COC(=O)CCc1ccccc1. The van der Waals surface area contributed by atoms with Gasteiger partial charge in [-0.15, -0.1) is 11.3 Å². The molecule has 1 aromatic heterocycles. The van der Waals surface area contributed by atoms with Crippen LogP contribution < -0.4 is 5.32 Å². The topological polar surface area (TPSA) is 81.7 Å². The summed E-state index contributed by atoms with van der Waals surface area (Å²) in [5.41, 5.74) is 2.39. The third-order valence-corrected chi connectivity index (χ3v) is 5.31. The highest BCUT2D eigenvalue weighted by atomic mass is 32.1. The van der Waals surface area contributed by atoms with E-state index in [2.05, 4.69) is 5.32 Å². The first-order chi connectivity index (χ1) is 13.6. The molecule has 1 aromatic carbocycles. The average molecular weight is 401 g/mol. The van der Waals surface area contributed by atoms with Crippen molar-refractivity contribution in [3.63, 3.8) is 0 Å². The molecule has 28 heavy (non-hydrogen) atoms. The van der Waals surface area contributed by atoms with Crippen LogP contribution in [-0.4, -0.2) is 31.1 Å². The quantitative estimate of drug-likeness (QED) is 0.644. The third kappa shape index (κ3) is 5.42. The number of carbonyl (C=O) groups excluding carboxylic acids is 3. The molecule has 0 unspecified atom stereocenters. The molecule has 1 fully saturated rings. The Hall–Kier alpha value is -2.67. The molecule has 6 nitrogen and oxygen atoms in total. The van der Waals surface area contributed by atoms with Crippen molar-refractivity contribution < 1.29 is 23.9 Å². The molecule has 3 rings (SSSR count). The molecule has 1 aliphatic carbocycles. The lowest BCUT2D eigenvalue weighted by Crippen LogP contribution is -2.22. The number of nitrogens with one attached hydrogen (secondary N) is 1. The molecule has 1 heterocycles. The fraction of sp³-hybridized carbons (Fsp3) is 0.381. The summed E-state index contributed by atoms with van der Waals surface area (Å²) in [4.78, 5) is 36.3. The van der Waals surface area contributed by atoms with Gasteiger partial charge in [0.1, 0.15) is 5.00 Å². The highest BCUT2D eigenvalue weighted by molar-refractivity contribution is 7.15. The standard InChI is InChI=1S/C21H23NO5S/c1-2-26-21(25)19-16(15-9-10-15)13-28-20(19)22-17(23)12-27-18(24)11-8-14-6-4-3-5-7-14/h3-7,13,15H,2,8-12H2,1H3,(H,22,23). The van der Waals surface area contributed by atoms with Crippen molar-refractivity contribution in [2.45, 2.75) is 38.5 Å². The minimum atomic E-state index is -0.470. The molecule has 2 aromatic rings. The van der Waals surface area contributed by atoms with Crippen LogP contribution in [0.4, 0.5) is 5.00 Å². The van der Waals surface area contributed by atoms with Crippen molar-refractivity contribution in [3.05, 3.63) is 52.4 Å². The molecule has 1 N–H and O–H groups in total. The highest BCUT2D eigenvalue weighted by Crippen LogP contribution is 2.46. The Kier molecular flexibility index (Phi) is 6.81. The zero-order valence-corrected chi connectivity index (χ0v) is 16.6. The number of hydrogen-bond donors (Lipinski definition) is 1. The molecule has 1 amide bonds. The summed E-state index contributed by atoms with van der Waals surface area (Å²) < 4.78 is 10.2. The van der Waals surface area contributed by atoms with Gasteiger partial charge in [-0.1, -0.05) is 30.3 Å². The molecule has 1 saturated carbocycles.